The molecule has 0 aromatic carbocycles. The molecule has 0 saturated carbocycles. The van der Waals surface area contributed by atoms with Crippen LogP contribution in [0.25, 0.3) is 0 Å². The number of aromatic nitrogens is 3. The molecule has 0 N–H and O–H groups in total. The Morgan fingerprint density at radius 1 is 1.33 bits per heavy atom. The van der Waals surface area contributed by atoms with Crippen LogP contribution in [0, 0.1) is 6.92 Å². The highest BCUT2D eigenvalue weighted by atomic mass is 35.5. The Morgan fingerprint density at radius 3 is 3.06 bits per heavy atom. The van der Waals surface area contributed by atoms with Crippen LogP contribution in [0.4, 0.5) is 0 Å². The minimum atomic E-state index is 0.258. The molecule has 0 saturated heterocycles. The molecule has 0 fully saturated rings. The van der Waals surface area contributed by atoms with Gasteiger partial charge in [-0.05, 0) is 55.5 Å². The zero-order chi connectivity index (χ0) is 12.5. The van der Waals surface area contributed by atoms with E-state index in [4.69, 9.17) is 11.6 Å². The fraction of sp³-hybridized carbons (Fsp3) is 0.357. The number of aryl methyl sites for hydroxylation is 2. The van der Waals surface area contributed by atoms with E-state index in [0.717, 1.165) is 29.9 Å². The first-order chi connectivity index (χ1) is 8.74. The lowest BCUT2D eigenvalue weighted by Gasteiger charge is -2.23. The van der Waals surface area contributed by atoms with Gasteiger partial charge in [0.15, 0.2) is 0 Å². The standard InChI is InChI=1S/C14H14ClN3/c1-9-8-12(18-14(15)17-9)11-6-2-4-10-5-3-7-16-13(10)11/h3,5,7-8,11H,2,4,6H2,1H3. The SMILES string of the molecule is Cc1cc(C2CCCc3cccnc32)nc(Cl)n1. The summed E-state index contributed by atoms with van der Waals surface area (Å²) in [7, 11) is 0. The van der Waals surface area contributed by atoms with E-state index in [-0.39, 0.29) is 5.92 Å². The fourth-order valence-electron chi connectivity index (χ4n) is 2.63. The van der Waals surface area contributed by atoms with Crippen LogP contribution in [-0.4, -0.2) is 15.0 Å². The van der Waals surface area contributed by atoms with Crippen molar-refractivity contribution in [2.75, 3.05) is 0 Å². The first-order valence-corrected chi connectivity index (χ1v) is 6.57. The van der Waals surface area contributed by atoms with E-state index in [0.29, 0.717) is 5.28 Å². The van der Waals surface area contributed by atoms with Gasteiger partial charge in [-0.1, -0.05) is 6.07 Å². The highest BCUT2D eigenvalue weighted by Crippen LogP contribution is 2.34. The van der Waals surface area contributed by atoms with E-state index in [2.05, 4.69) is 21.0 Å². The van der Waals surface area contributed by atoms with Crippen molar-refractivity contribution in [1.29, 1.82) is 0 Å². The molecule has 2 aromatic heterocycles. The molecule has 0 bridgehead atoms. The van der Waals surface area contributed by atoms with Crippen LogP contribution in [0.3, 0.4) is 0 Å². The number of pyridine rings is 1. The van der Waals surface area contributed by atoms with Crippen molar-refractivity contribution >= 4 is 11.6 Å². The van der Waals surface area contributed by atoms with Gasteiger partial charge in [0, 0.05) is 17.8 Å². The summed E-state index contributed by atoms with van der Waals surface area (Å²) in [6, 6.07) is 6.17. The molecule has 0 spiro atoms. The maximum atomic E-state index is 5.95. The van der Waals surface area contributed by atoms with Gasteiger partial charge in [-0.2, -0.15) is 0 Å². The highest BCUT2D eigenvalue weighted by Gasteiger charge is 2.24. The molecule has 1 aliphatic carbocycles. The van der Waals surface area contributed by atoms with Crippen molar-refractivity contribution in [3.05, 3.63) is 52.3 Å². The zero-order valence-corrected chi connectivity index (χ0v) is 11.0. The van der Waals surface area contributed by atoms with Gasteiger partial charge in [0.1, 0.15) is 0 Å². The second-order valence-corrected chi connectivity index (χ2v) is 5.03. The predicted molar refractivity (Wildman–Crippen MR) is 70.8 cm³/mol. The quantitative estimate of drug-likeness (QED) is 0.738. The largest absolute Gasteiger partial charge is 0.260 e. The van der Waals surface area contributed by atoms with Crippen LogP contribution in [0.2, 0.25) is 5.28 Å². The van der Waals surface area contributed by atoms with Gasteiger partial charge in [0.05, 0.1) is 11.4 Å². The Hall–Kier alpha value is -1.48. The summed E-state index contributed by atoms with van der Waals surface area (Å²) >= 11 is 5.95. The Bertz CT molecular complexity index is 563. The monoisotopic (exact) mass is 259 g/mol. The number of hydrogen-bond donors (Lipinski definition) is 0. The molecule has 92 valence electrons. The van der Waals surface area contributed by atoms with E-state index >= 15 is 0 Å². The highest BCUT2D eigenvalue weighted by molar-refractivity contribution is 6.28. The van der Waals surface area contributed by atoms with Gasteiger partial charge in [-0.25, -0.2) is 9.97 Å². The van der Waals surface area contributed by atoms with E-state index in [9.17, 15) is 0 Å². The number of rotatable bonds is 1. The van der Waals surface area contributed by atoms with Crippen molar-refractivity contribution in [2.24, 2.45) is 0 Å². The van der Waals surface area contributed by atoms with Gasteiger partial charge in [0.2, 0.25) is 5.28 Å². The van der Waals surface area contributed by atoms with Crippen molar-refractivity contribution in [1.82, 2.24) is 15.0 Å². The molecule has 1 unspecified atom stereocenters. The van der Waals surface area contributed by atoms with E-state index < -0.39 is 0 Å². The summed E-state index contributed by atoms with van der Waals surface area (Å²) in [5.74, 6) is 0.258. The molecule has 3 rings (SSSR count). The second kappa shape index (κ2) is 4.65. The molecular formula is C14H14ClN3. The molecule has 18 heavy (non-hydrogen) atoms. The maximum absolute atomic E-state index is 5.95. The molecule has 2 aromatic rings. The summed E-state index contributed by atoms with van der Waals surface area (Å²) in [6.45, 7) is 1.94. The van der Waals surface area contributed by atoms with Gasteiger partial charge in [-0.15, -0.1) is 0 Å². The number of nitrogens with zero attached hydrogens (tertiary/aromatic N) is 3. The lowest BCUT2D eigenvalue weighted by atomic mass is 9.84. The van der Waals surface area contributed by atoms with Crippen molar-refractivity contribution in [3.8, 4) is 0 Å². The van der Waals surface area contributed by atoms with Gasteiger partial charge in [-0.3, -0.25) is 4.98 Å². The van der Waals surface area contributed by atoms with Gasteiger partial charge in [0.25, 0.3) is 0 Å². The summed E-state index contributed by atoms with van der Waals surface area (Å²) in [5, 5.41) is 0.327. The first-order valence-electron chi connectivity index (χ1n) is 6.19. The first kappa shape index (κ1) is 11.6. The van der Waals surface area contributed by atoms with Crippen molar-refractivity contribution in [3.63, 3.8) is 0 Å². The number of fused-ring (bicyclic) bond motifs is 1. The van der Waals surface area contributed by atoms with Crippen molar-refractivity contribution < 1.29 is 0 Å². The maximum Gasteiger partial charge on any atom is 0.222 e. The molecule has 1 atom stereocenters. The predicted octanol–water partition coefficient (Wildman–Crippen LogP) is 3.30. The van der Waals surface area contributed by atoms with Crippen LogP contribution in [0.5, 0.6) is 0 Å². The lowest BCUT2D eigenvalue weighted by Crippen LogP contribution is -2.14. The Kier molecular flexibility index (Phi) is 3.00. The van der Waals surface area contributed by atoms with E-state index in [1.54, 1.807) is 0 Å². The van der Waals surface area contributed by atoms with Gasteiger partial charge < -0.3 is 0 Å². The lowest BCUT2D eigenvalue weighted by molar-refractivity contribution is 0.586. The molecule has 0 aliphatic heterocycles. The van der Waals surface area contributed by atoms with Crippen LogP contribution in [-0.2, 0) is 6.42 Å². The van der Waals surface area contributed by atoms with E-state index in [1.807, 2.05) is 25.3 Å². The molecule has 1 aliphatic rings. The average Bonchev–Trinajstić information content (AvgIpc) is 2.37. The number of halogens is 1. The molecule has 2 heterocycles. The van der Waals surface area contributed by atoms with E-state index in [1.165, 1.54) is 12.0 Å². The molecule has 0 amide bonds. The topological polar surface area (TPSA) is 38.7 Å². The summed E-state index contributed by atoms with van der Waals surface area (Å²) < 4.78 is 0. The minimum Gasteiger partial charge on any atom is -0.260 e. The van der Waals surface area contributed by atoms with Crippen LogP contribution in [0.1, 0.15) is 41.4 Å². The molecule has 3 nitrogen and oxygen atoms in total. The smallest absolute Gasteiger partial charge is 0.222 e. The number of hydrogen-bond acceptors (Lipinski definition) is 3. The summed E-state index contributed by atoms with van der Waals surface area (Å²) in [4.78, 5) is 13.0. The zero-order valence-electron chi connectivity index (χ0n) is 10.2. The average molecular weight is 260 g/mol. The summed E-state index contributed by atoms with van der Waals surface area (Å²) in [5.41, 5.74) is 4.39. The Labute approximate surface area is 111 Å². The second-order valence-electron chi connectivity index (χ2n) is 4.70. The normalized spacial score (nSPS) is 18.4. The van der Waals surface area contributed by atoms with Crippen LogP contribution < -0.4 is 0 Å². The molecular weight excluding hydrogens is 246 g/mol. The minimum absolute atomic E-state index is 0.258. The fourth-order valence-corrected chi connectivity index (χ4v) is 2.86. The van der Waals surface area contributed by atoms with Gasteiger partial charge >= 0.3 is 0 Å². The molecule has 0 radical (unpaired) electrons. The summed E-state index contributed by atoms with van der Waals surface area (Å²) in [6.07, 6.45) is 5.21. The van der Waals surface area contributed by atoms with Crippen LogP contribution in [0.15, 0.2) is 24.4 Å². The van der Waals surface area contributed by atoms with Crippen molar-refractivity contribution in [2.45, 2.75) is 32.1 Å². The third-order valence-electron chi connectivity index (χ3n) is 3.40. The Balaban J connectivity index is 2.08. The van der Waals surface area contributed by atoms with Crippen LogP contribution >= 0.6 is 11.6 Å². The third kappa shape index (κ3) is 2.10. The Morgan fingerprint density at radius 2 is 2.22 bits per heavy atom. The molecule has 4 heteroatoms. The third-order valence-corrected chi connectivity index (χ3v) is 3.57.